The first-order valence-electron chi connectivity index (χ1n) is 5.95. The normalized spacial score (nSPS) is 39.7. The first kappa shape index (κ1) is 9.60. The largest absolute Gasteiger partial charge is 0.368 e. The van der Waals surface area contributed by atoms with Gasteiger partial charge in [-0.15, -0.1) is 0 Å². The van der Waals surface area contributed by atoms with E-state index in [2.05, 4.69) is 5.32 Å². The predicted octanol–water partition coefficient (Wildman–Crippen LogP) is -0.157. The molecule has 4 heteroatoms. The third kappa shape index (κ3) is 1.66. The highest BCUT2D eigenvalue weighted by atomic mass is 16.5. The minimum atomic E-state index is -0.128. The van der Waals surface area contributed by atoms with Crippen LogP contribution in [0.25, 0.3) is 0 Å². The van der Waals surface area contributed by atoms with Crippen molar-refractivity contribution in [1.82, 2.24) is 10.2 Å². The Hall–Kier alpha value is -0.610. The third-order valence-electron chi connectivity index (χ3n) is 3.91. The zero-order valence-corrected chi connectivity index (χ0v) is 8.95. The molecule has 0 aliphatic carbocycles. The Bertz CT molecular complexity index is 251. The van der Waals surface area contributed by atoms with E-state index in [-0.39, 0.29) is 12.0 Å². The molecule has 3 heterocycles. The number of nitrogens with zero attached hydrogens (tertiary/aromatic N) is 1. The summed E-state index contributed by atoms with van der Waals surface area (Å²) in [7, 11) is 0. The van der Waals surface area contributed by atoms with Gasteiger partial charge in [0, 0.05) is 32.8 Å². The predicted molar refractivity (Wildman–Crippen MR) is 55.4 cm³/mol. The van der Waals surface area contributed by atoms with Crippen LogP contribution in [0, 0.1) is 11.8 Å². The fourth-order valence-electron chi connectivity index (χ4n) is 3.01. The van der Waals surface area contributed by atoms with Gasteiger partial charge in [0.15, 0.2) is 0 Å². The highest BCUT2D eigenvalue weighted by molar-refractivity contribution is 5.81. The molecule has 15 heavy (non-hydrogen) atoms. The van der Waals surface area contributed by atoms with Gasteiger partial charge >= 0.3 is 0 Å². The van der Waals surface area contributed by atoms with Gasteiger partial charge in [0.05, 0.1) is 0 Å². The second-order valence-electron chi connectivity index (χ2n) is 4.92. The lowest BCUT2D eigenvalue weighted by Crippen LogP contribution is -2.38. The van der Waals surface area contributed by atoms with Gasteiger partial charge in [0.25, 0.3) is 5.91 Å². The van der Waals surface area contributed by atoms with Crippen LogP contribution >= 0.6 is 0 Å². The summed E-state index contributed by atoms with van der Waals surface area (Å²) in [5.74, 6) is 1.62. The lowest BCUT2D eigenvalue weighted by atomic mass is 10.0. The fraction of sp³-hybridized carbons (Fsp3) is 0.909. The van der Waals surface area contributed by atoms with Crippen molar-refractivity contribution in [3.63, 3.8) is 0 Å². The van der Waals surface area contributed by atoms with Gasteiger partial charge in [-0.25, -0.2) is 0 Å². The molecular formula is C11H18N2O2. The molecule has 3 saturated heterocycles. The topological polar surface area (TPSA) is 41.6 Å². The minimum absolute atomic E-state index is 0.128. The molecule has 1 N–H and O–H groups in total. The summed E-state index contributed by atoms with van der Waals surface area (Å²) in [6, 6.07) is 0. The SMILES string of the molecule is O=C(C1CCCO1)N1CC2CNCC2C1. The number of likely N-dealkylation sites (tertiary alicyclic amines) is 1. The Morgan fingerprint density at radius 3 is 2.60 bits per heavy atom. The van der Waals surface area contributed by atoms with Crippen LogP contribution in [0.5, 0.6) is 0 Å². The smallest absolute Gasteiger partial charge is 0.251 e. The number of carbonyl (C=O) groups excluding carboxylic acids is 1. The zero-order valence-electron chi connectivity index (χ0n) is 8.95. The molecule has 3 fully saturated rings. The molecule has 3 rings (SSSR count). The van der Waals surface area contributed by atoms with E-state index >= 15 is 0 Å². The number of rotatable bonds is 1. The van der Waals surface area contributed by atoms with Crippen LogP contribution in [-0.2, 0) is 9.53 Å². The summed E-state index contributed by atoms with van der Waals surface area (Å²) in [5.41, 5.74) is 0. The maximum atomic E-state index is 12.1. The fourth-order valence-corrected chi connectivity index (χ4v) is 3.01. The highest BCUT2D eigenvalue weighted by Crippen LogP contribution is 2.28. The molecule has 0 bridgehead atoms. The monoisotopic (exact) mass is 210 g/mol. The Morgan fingerprint density at radius 1 is 1.27 bits per heavy atom. The summed E-state index contributed by atoms with van der Waals surface area (Å²) in [5, 5.41) is 3.38. The number of nitrogens with one attached hydrogen (secondary N) is 1. The Labute approximate surface area is 90.0 Å². The van der Waals surface area contributed by atoms with Crippen molar-refractivity contribution in [2.75, 3.05) is 32.8 Å². The Balaban J connectivity index is 1.61. The van der Waals surface area contributed by atoms with E-state index in [0.29, 0.717) is 11.8 Å². The maximum absolute atomic E-state index is 12.1. The molecule has 0 aromatic rings. The van der Waals surface area contributed by atoms with Crippen LogP contribution in [0.4, 0.5) is 0 Å². The van der Waals surface area contributed by atoms with Crippen LogP contribution in [0.3, 0.4) is 0 Å². The minimum Gasteiger partial charge on any atom is -0.368 e. The van der Waals surface area contributed by atoms with Crippen molar-refractivity contribution in [3.05, 3.63) is 0 Å². The lowest BCUT2D eigenvalue weighted by molar-refractivity contribution is -0.140. The van der Waals surface area contributed by atoms with Crippen molar-refractivity contribution in [2.24, 2.45) is 11.8 Å². The van der Waals surface area contributed by atoms with Crippen LogP contribution < -0.4 is 5.32 Å². The van der Waals surface area contributed by atoms with E-state index in [0.717, 1.165) is 45.6 Å². The van der Waals surface area contributed by atoms with Gasteiger partial charge in [-0.2, -0.15) is 0 Å². The Morgan fingerprint density at radius 2 is 2.00 bits per heavy atom. The average molecular weight is 210 g/mol. The van der Waals surface area contributed by atoms with Crippen molar-refractivity contribution in [3.8, 4) is 0 Å². The van der Waals surface area contributed by atoms with Gasteiger partial charge < -0.3 is 15.0 Å². The molecule has 0 aromatic heterocycles. The molecule has 0 radical (unpaired) electrons. The number of amides is 1. The van der Waals surface area contributed by atoms with Crippen molar-refractivity contribution in [1.29, 1.82) is 0 Å². The highest BCUT2D eigenvalue weighted by Gasteiger charge is 2.40. The first-order valence-corrected chi connectivity index (χ1v) is 5.95. The van der Waals surface area contributed by atoms with E-state index in [1.165, 1.54) is 0 Å². The quantitative estimate of drug-likeness (QED) is 0.654. The van der Waals surface area contributed by atoms with E-state index in [1.54, 1.807) is 0 Å². The number of carbonyl (C=O) groups is 1. The van der Waals surface area contributed by atoms with Crippen LogP contribution in [0.2, 0.25) is 0 Å². The molecule has 84 valence electrons. The Kier molecular flexibility index (Phi) is 2.41. The van der Waals surface area contributed by atoms with Crippen LogP contribution in [0.1, 0.15) is 12.8 Å². The molecule has 0 spiro atoms. The second kappa shape index (κ2) is 3.76. The molecule has 3 atom stereocenters. The summed E-state index contributed by atoms with van der Waals surface area (Å²) in [4.78, 5) is 14.1. The molecule has 0 saturated carbocycles. The van der Waals surface area contributed by atoms with Gasteiger partial charge in [-0.3, -0.25) is 4.79 Å². The molecule has 1 amide bonds. The summed E-state index contributed by atoms with van der Waals surface area (Å²) in [6.45, 7) is 4.81. The lowest BCUT2D eigenvalue weighted by Gasteiger charge is -2.20. The van der Waals surface area contributed by atoms with Gasteiger partial charge in [0.2, 0.25) is 0 Å². The average Bonchev–Trinajstić information content (AvgIpc) is 2.92. The second-order valence-corrected chi connectivity index (χ2v) is 4.92. The van der Waals surface area contributed by atoms with Crippen molar-refractivity contribution in [2.45, 2.75) is 18.9 Å². The van der Waals surface area contributed by atoms with Gasteiger partial charge in [-0.05, 0) is 24.7 Å². The zero-order chi connectivity index (χ0) is 10.3. The number of ether oxygens (including phenoxy) is 1. The van der Waals surface area contributed by atoms with E-state index in [9.17, 15) is 4.79 Å². The number of hydrogen-bond donors (Lipinski definition) is 1. The maximum Gasteiger partial charge on any atom is 0.251 e. The van der Waals surface area contributed by atoms with Crippen LogP contribution in [0.15, 0.2) is 0 Å². The van der Waals surface area contributed by atoms with E-state index in [1.807, 2.05) is 4.90 Å². The van der Waals surface area contributed by atoms with Gasteiger partial charge in [-0.1, -0.05) is 0 Å². The van der Waals surface area contributed by atoms with E-state index in [4.69, 9.17) is 4.74 Å². The van der Waals surface area contributed by atoms with Gasteiger partial charge in [0.1, 0.15) is 6.10 Å². The molecule has 4 nitrogen and oxygen atoms in total. The number of hydrogen-bond acceptors (Lipinski definition) is 3. The van der Waals surface area contributed by atoms with Crippen molar-refractivity contribution < 1.29 is 9.53 Å². The molecule has 3 unspecified atom stereocenters. The molecular weight excluding hydrogens is 192 g/mol. The summed E-state index contributed by atoms with van der Waals surface area (Å²) < 4.78 is 5.44. The molecule has 3 aliphatic rings. The molecule has 0 aromatic carbocycles. The first-order chi connectivity index (χ1) is 7.34. The van der Waals surface area contributed by atoms with E-state index < -0.39 is 0 Å². The standard InChI is InChI=1S/C11H18N2O2/c14-11(10-2-1-3-15-10)13-6-8-4-12-5-9(8)7-13/h8-10,12H,1-7H2. The third-order valence-corrected chi connectivity index (χ3v) is 3.91. The molecule has 3 aliphatic heterocycles. The van der Waals surface area contributed by atoms with Crippen LogP contribution in [-0.4, -0.2) is 49.7 Å². The van der Waals surface area contributed by atoms with Crippen molar-refractivity contribution >= 4 is 5.91 Å². The summed E-state index contributed by atoms with van der Waals surface area (Å²) >= 11 is 0. The summed E-state index contributed by atoms with van der Waals surface area (Å²) in [6.07, 6.45) is 1.83. The number of fused-ring (bicyclic) bond motifs is 1.